The van der Waals surface area contributed by atoms with Gasteiger partial charge in [-0.15, -0.1) is 0 Å². The summed E-state index contributed by atoms with van der Waals surface area (Å²) in [7, 11) is -1.99. The van der Waals surface area contributed by atoms with Crippen LogP contribution in [0.4, 0.5) is 0 Å². The average molecular weight is 427 g/mol. The maximum absolute atomic E-state index is 12.3. The SMILES string of the molecule is Cc1cn([C@H]2C[C@@H](C(O)C(C)(C)C)[C@@H](CO[Si](C)(C)C(C)(C)C)O2)c(=O)[nH]c1=O. The molecule has 0 radical (unpaired) electrons. The fourth-order valence-corrected chi connectivity index (χ4v) is 4.38. The largest absolute Gasteiger partial charge is 0.414 e. The Hall–Kier alpha value is -1.22. The van der Waals surface area contributed by atoms with E-state index < -0.39 is 31.9 Å². The van der Waals surface area contributed by atoms with Crippen molar-refractivity contribution in [3.8, 4) is 0 Å². The van der Waals surface area contributed by atoms with Gasteiger partial charge in [0.05, 0.1) is 18.8 Å². The van der Waals surface area contributed by atoms with Crippen molar-refractivity contribution in [3.05, 3.63) is 32.6 Å². The lowest BCUT2D eigenvalue weighted by Crippen LogP contribution is -2.45. The van der Waals surface area contributed by atoms with Gasteiger partial charge in [0, 0.05) is 24.1 Å². The zero-order chi connectivity index (χ0) is 22.4. The third-order valence-corrected chi connectivity index (χ3v) is 10.9. The smallest absolute Gasteiger partial charge is 0.330 e. The van der Waals surface area contributed by atoms with Crippen LogP contribution in [0, 0.1) is 18.3 Å². The fraction of sp³-hybridized carbons (Fsp3) is 0.810. The second-order valence-electron chi connectivity index (χ2n) is 10.9. The molecule has 1 saturated heterocycles. The molecule has 1 aromatic rings. The summed E-state index contributed by atoms with van der Waals surface area (Å²) in [5.41, 5.74) is -0.778. The molecule has 1 aromatic heterocycles. The zero-order valence-electron chi connectivity index (χ0n) is 19.3. The minimum Gasteiger partial charge on any atom is -0.414 e. The highest BCUT2D eigenvalue weighted by molar-refractivity contribution is 6.74. The number of nitrogens with one attached hydrogen (secondary N) is 1. The molecule has 0 saturated carbocycles. The van der Waals surface area contributed by atoms with Gasteiger partial charge in [0.15, 0.2) is 8.32 Å². The first-order valence-corrected chi connectivity index (χ1v) is 13.2. The van der Waals surface area contributed by atoms with E-state index in [2.05, 4.69) is 38.8 Å². The molecule has 0 bridgehead atoms. The van der Waals surface area contributed by atoms with E-state index in [1.165, 1.54) is 10.8 Å². The van der Waals surface area contributed by atoms with Gasteiger partial charge in [0.25, 0.3) is 5.56 Å². The summed E-state index contributed by atoms with van der Waals surface area (Å²) in [5, 5.41) is 11.1. The van der Waals surface area contributed by atoms with Crippen LogP contribution >= 0.6 is 0 Å². The molecule has 0 spiro atoms. The molecular weight excluding hydrogens is 388 g/mol. The van der Waals surface area contributed by atoms with Gasteiger partial charge in [-0.25, -0.2) is 4.79 Å². The minimum atomic E-state index is -1.99. The van der Waals surface area contributed by atoms with Crippen LogP contribution in [0.25, 0.3) is 0 Å². The number of ether oxygens (including phenoxy) is 1. The number of aromatic amines is 1. The summed E-state index contributed by atoms with van der Waals surface area (Å²) in [6.45, 7) is 18.9. The normalized spacial score (nSPS) is 24.7. The van der Waals surface area contributed by atoms with Gasteiger partial charge in [0.2, 0.25) is 0 Å². The number of rotatable bonds is 5. The van der Waals surface area contributed by atoms with Crippen LogP contribution in [-0.2, 0) is 9.16 Å². The first-order valence-electron chi connectivity index (χ1n) is 10.3. The molecule has 1 aliphatic rings. The summed E-state index contributed by atoms with van der Waals surface area (Å²) >= 11 is 0. The number of aromatic nitrogens is 2. The Bertz CT molecular complexity index is 831. The molecule has 29 heavy (non-hydrogen) atoms. The van der Waals surface area contributed by atoms with Crippen molar-refractivity contribution in [2.24, 2.45) is 11.3 Å². The van der Waals surface area contributed by atoms with Gasteiger partial charge in [0.1, 0.15) is 6.23 Å². The van der Waals surface area contributed by atoms with Gasteiger partial charge in [-0.05, 0) is 30.5 Å². The highest BCUT2D eigenvalue weighted by atomic mass is 28.4. The van der Waals surface area contributed by atoms with Crippen LogP contribution in [0.5, 0.6) is 0 Å². The summed E-state index contributed by atoms with van der Waals surface area (Å²) in [6, 6.07) is 0. The predicted molar refractivity (Wildman–Crippen MR) is 117 cm³/mol. The molecule has 0 aliphatic carbocycles. The lowest BCUT2D eigenvalue weighted by Gasteiger charge is -2.38. The molecule has 8 heteroatoms. The number of hydrogen-bond acceptors (Lipinski definition) is 5. The van der Waals surface area contributed by atoms with E-state index >= 15 is 0 Å². The van der Waals surface area contributed by atoms with Crippen LogP contribution in [-0.4, -0.2) is 41.8 Å². The van der Waals surface area contributed by atoms with E-state index in [-0.39, 0.29) is 22.5 Å². The topological polar surface area (TPSA) is 93.6 Å². The zero-order valence-corrected chi connectivity index (χ0v) is 20.3. The van der Waals surface area contributed by atoms with Crippen LogP contribution in [0.1, 0.15) is 59.8 Å². The Morgan fingerprint density at radius 1 is 1.28 bits per heavy atom. The number of H-pyrrole nitrogens is 1. The number of aryl methyl sites for hydroxylation is 1. The Morgan fingerprint density at radius 3 is 2.38 bits per heavy atom. The van der Waals surface area contributed by atoms with E-state index in [1.54, 1.807) is 6.92 Å². The van der Waals surface area contributed by atoms with Gasteiger partial charge in [-0.2, -0.15) is 0 Å². The van der Waals surface area contributed by atoms with Gasteiger partial charge >= 0.3 is 5.69 Å². The van der Waals surface area contributed by atoms with E-state index in [1.807, 2.05) is 20.8 Å². The molecule has 0 aromatic carbocycles. The van der Waals surface area contributed by atoms with Gasteiger partial charge in [-0.1, -0.05) is 41.5 Å². The summed E-state index contributed by atoms with van der Waals surface area (Å²) in [6.07, 6.45) is 0.523. The first-order chi connectivity index (χ1) is 13.0. The van der Waals surface area contributed by atoms with Crippen molar-refractivity contribution in [2.75, 3.05) is 6.61 Å². The van der Waals surface area contributed by atoms with Crippen LogP contribution in [0.15, 0.2) is 15.8 Å². The van der Waals surface area contributed by atoms with E-state index in [9.17, 15) is 14.7 Å². The van der Waals surface area contributed by atoms with Crippen molar-refractivity contribution in [1.29, 1.82) is 0 Å². The third kappa shape index (κ3) is 5.28. The lowest BCUT2D eigenvalue weighted by molar-refractivity contribution is -0.0606. The molecule has 2 N–H and O–H groups in total. The first kappa shape index (κ1) is 24.1. The highest BCUT2D eigenvalue weighted by Crippen LogP contribution is 2.42. The number of aliphatic hydroxyl groups is 1. The van der Waals surface area contributed by atoms with Crippen molar-refractivity contribution in [3.63, 3.8) is 0 Å². The maximum atomic E-state index is 12.3. The van der Waals surface area contributed by atoms with Gasteiger partial charge < -0.3 is 14.3 Å². The summed E-state index contributed by atoms with van der Waals surface area (Å²) in [5.74, 6) is -0.177. The Balaban J connectivity index is 2.31. The molecule has 1 fully saturated rings. The molecule has 0 amide bonds. The molecule has 1 unspecified atom stereocenters. The highest BCUT2D eigenvalue weighted by Gasteiger charge is 2.46. The maximum Gasteiger partial charge on any atom is 0.330 e. The van der Waals surface area contributed by atoms with E-state index in [4.69, 9.17) is 9.16 Å². The molecule has 7 nitrogen and oxygen atoms in total. The summed E-state index contributed by atoms with van der Waals surface area (Å²) in [4.78, 5) is 26.4. The predicted octanol–water partition coefficient (Wildman–Crippen LogP) is 3.18. The Morgan fingerprint density at radius 2 is 1.86 bits per heavy atom. The molecular formula is C21H38N2O5Si. The van der Waals surface area contributed by atoms with E-state index in [0.29, 0.717) is 18.6 Å². The van der Waals surface area contributed by atoms with Crippen LogP contribution < -0.4 is 11.2 Å². The van der Waals surface area contributed by atoms with Gasteiger partial charge in [-0.3, -0.25) is 14.3 Å². The standard InChI is InChI=1S/C21H38N2O5Si/c1-13-11-23(19(26)22-18(13)25)16-10-14(17(24)20(2,3)4)15(28-16)12-27-29(8,9)21(5,6)7/h11,14-17,24H,10,12H2,1-9H3,(H,22,25,26)/t14-,15-,16-,17?/m1/s1. The van der Waals surface area contributed by atoms with Crippen molar-refractivity contribution in [1.82, 2.24) is 9.55 Å². The lowest BCUT2D eigenvalue weighted by atomic mass is 9.78. The molecule has 1 aliphatic heterocycles. The average Bonchev–Trinajstić information content (AvgIpc) is 2.97. The Labute approximate surface area is 174 Å². The number of hydrogen-bond donors (Lipinski definition) is 2. The monoisotopic (exact) mass is 426 g/mol. The molecule has 4 atom stereocenters. The number of nitrogens with zero attached hydrogens (tertiary/aromatic N) is 1. The number of aliphatic hydroxyl groups excluding tert-OH is 1. The fourth-order valence-electron chi connectivity index (χ4n) is 3.37. The van der Waals surface area contributed by atoms with Crippen molar-refractivity contribution < 1.29 is 14.3 Å². The third-order valence-electron chi connectivity index (χ3n) is 6.45. The van der Waals surface area contributed by atoms with Crippen molar-refractivity contribution >= 4 is 8.32 Å². The van der Waals surface area contributed by atoms with Crippen LogP contribution in [0.2, 0.25) is 18.1 Å². The Kier molecular flexibility index (Phi) is 6.74. The molecule has 166 valence electrons. The second-order valence-corrected chi connectivity index (χ2v) is 15.7. The summed E-state index contributed by atoms with van der Waals surface area (Å²) < 4.78 is 14.0. The van der Waals surface area contributed by atoms with E-state index in [0.717, 1.165) is 0 Å². The quantitative estimate of drug-likeness (QED) is 0.705. The molecule has 2 rings (SSSR count). The second kappa shape index (κ2) is 8.13. The molecule has 2 heterocycles. The van der Waals surface area contributed by atoms with Crippen LogP contribution in [0.3, 0.4) is 0 Å². The van der Waals surface area contributed by atoms with Crippen molar-refractivity contribution in [2.45, 2.75) is 91.5 Å². The minimum absolute atomic E-state index is 0.0656.